The first-order valence-electron chi connectivity index (χ1n) is 21.0. The highest BCUT2D eigenvalue weighted by Crippen LogP contribution is 2.45. The summed E-state index contributed by atoms with van der Waals surface area (Å²) in [5, 5.41) is 7.47. The Labute approximate surface area is 357 Å². The third kappa shape index (κ3) is 6.83. The van der Waals surface area contributed by atoms with Crippen LogP contribution in [0.3, 0.4) is 0 Å². The molecule has 0 unspecified atom stereocenters. The van der Waals surface area contributed by atoms with Crippen LogP contribution in [-0.4, -0.2) is 0 Å². The number of hydrogen-bond acceptors (Lipinski definition) is 1. The summed E-state index contributed by atoms with van der Waals surface area (Å²) < 4.78 is 0. The van der Waals surface area contributed by atoms with Gasteiger partial charge in [0.25, 0.3) is 0 Å². The Balaban J connectivity index is 1.14. The van der Waals surface area contributed by atoms with Gasteiger partial charge in [-0.1, -0.05) is 200 Å². The molecule has 11 rings (SSSR count). The monoisotopic (exact) mass is 775 g/mol. The van der Waals surface area contributed by atoms with Crippen molar-refractivity contribution in [2.75, 3.05) is 4.90 Å². The summed E-state index contributed by atoms with van der Waals surface area (Å²) in [5.74, 6) is 0. The lowest BCUT2D eigenvalue weighted by atomic mass is 9.88. The lowest BCUT2D eigenvalue weighted by molar-refractivity contribution is 1.28. The van der Waals surface area contributed by atoms with E-state index in [0.29, 0.717) is 0 Å². The van der Waals surface area contributed by atoms with Gasteiger partial charge in [-0.3, -0.25) is 0 Å². The van der Waals surface area contributed by atoms with Crippen LogP contribution in [0.25, 0.3) is 88.0 Å². The third-order valence-electron chi connectivity index (χ3n) is 12.0. The molecule has 0 fully saturated rings. The molecule has 1 heteroatoms. The molecule has 0 aliphatic rings. The second kappa shape index (κ2) is 15.6. The summed E-state index contributed by atoms with van der Waals surface area (Å²) >= 11 is 0. The zero-order valence-electron chi connectivity index (χ0n) is 33.6. The molecule has 0 aliphatic carbocycles. The van der Waals surface area contributed by atoms with Gasteiger partial charge >= 0.3 is 0 Å². The minimum Gasteiger partial charge on any atom is -0.310 e. The van der Waals surface area contributed by atoms with Crippen LogP contribution in [0.15, 0.2) is 249 Å². The minimum atomic E-state index is 1.08. The van der Waals surface area contributed by atoms with Gasteiger partial charge in [-0.2, -0.15) is 0 Å². The van der Waals surface area contributed by atoms with E-state index in [4.69, 9.17) is 0 Å². The number of benzene rings is 11. The second-order valence-electron chi connectivity index (χ2n) is 15.7. The number of nitrogens with zero attached hydrogens (tertiary/aromatic N) is 1. The van der Waals surface area contributed by atoms with Gasteiger partial charge in [0, 0.05) is 17.1 Å². The third-order valence-corrected chi connectivity index (χ3v) is 12.0. The van der Waals surface area contributed by atoms with Gasteiger partial charge in [-0.15, -0.1) is 0 Å². The number of anilines is 3. The Morgan fingerprint density at radius 2 is 0.705 bits per heavy atom. The molecule has 0 atom stereocenters. The van der Waals surface area contributed by atoms with Crippen LogP contribution in [0, 0.1) is 0 Å². The summed E-state index contributed by atoms with van der Waals surface area (Å²) in [7, 11) is 0. The normalized spacial score (nSPS) is 11.3. The maximum atomic E-state index is 2.41. The molecule has 0 aliphatic heterocycles. The number of hydrogen-bond donors (Lipinski definition) is 0. The Morgan fingerprint density at radius 1 is 0.197 bits per heavy atom. The molecular formula is C60H41N. The first kappa shape index (κ1) is 36.1. The molecule has 0 saturated carbocycles. The smallest absolute Gasteiger partial charge is 0.0468 e. The van der Waals surface area contributed by atoms with Crippen molar-refractivity contribution in [1.29, 1.82) is 0 Å². The van der Waals surface area contributed by atoms with E-state index >= 15 is 0 Å². The maximum Gasteiger partial charge on any atom is 0.0468 e. The van der Waals surface area contributed by atoms with Crippen molar-refractivity contribution < 1.29 is 0 Å². The van der Waals surface area contributed by atoms with E-state index in [1.165, 1.54) is 88.0 Å². The largest absolute Gasteiger partial charge is 0.310 e. The molecule has 1 nitrogen and oxygen atoms in total. The van der Waals surface area contributed by atoms with E-state index in [2.05, 4.69) is 254 Å². The van der Waals surface area contributed by atoms with Crippen molar-refractivity contribution in [1.82, 2.24) is 0 Å². The second-order valence-corrected chi connectivity index (χ2v) is 15.7. The van der Waals surface area contributed by atoms with Gasteiger partial charge in [0.1, 0.15) is 0 Å². The van der Waals surface area contributed by atoms with Gasteiger partial charge in [0.15, 0.2) is 0 Å². The van der Waals surface area contributed by atoms with Gasteiger partial charge in [-0.25, -0.2) is 0 Å². The fraction of sp³-hybridized carbons (Fsp3) is 0. The lowest BCUT2D eigenvalue weighted by Crippen LogP contribution is -2.10. The average Bonchev–Trinajstić information content (AvgIpc) is 3.34. The Hall–Kier alpha value is -8.00. The van der Waals surface area contributed by atoms with E-state index in [9.17, 15) is 0 Å². The molecule has 0 bridgehead atoms. The molecule has 286 valence electrons. The summed E-state index contributed by atoms with van der Waals surface area (Å²) in [4.78, 5) is 2.41. The number of fused-ring (bicyclic) bond motifs is 4. The van der Waals surface area contributed by atoms with Crippen LogP contribution in [0.4, 0.5) is 17.1 Å². The SMILES string of the molecule is c1ccc(-c2ccc(N(c3cccc(-c4cccc5ccccc45)c3)c3ccc(-c4cc5ccccc5c5ccccc45)c(-c4cccc(-c5ccccc5)c4)c3)cc2)cc1. The van der Waals surface area contributed by atoms with Gasteiger partial charge in [-0.05, 0) is 136 Å². The molecule has 0 radical (unpaired) electrons. The standard InChI is InChI=1S/C60H41N/c1-3-16-42(17-4-1)44-32-34-50(35-33-44)61(51-26-14-25-48(39-51)54-31-15-22-45-20-7-9-27-53(45)54)52-36-37-58(59(41-52)47-24-13-23-46(38-47)43-18-5-2-6-19-43)60-40-49-21-8-10-28-55(49)56-29-11-12-30-57(56)60/h1-41H. The topological polar surface area (TPSA) is 3.24 Å². The van der Waals surface area contributed by atoms with Gasteiger partial charge < -0.3 is 4.90 Å². The summed E-state index contributed by atoms with van der Waals surface area (Å²) in [5.41, 5.74) is 15.2. The molecule has 0 amide bonds. The van der Waals surface area contributed by atoms with Crippen LogP contribution in [0.5, 0.6) is 0 Å². The Morgan fingerprint density at radius 3 is 1.48 bits per heavy atom. The summed E-state index contributed by atoms with van der Waals surface area (Å²) in [6, 6.07) is 90.6. The zero-order valence-corrected chi connectivity index (χ0v) is 33.6. The molecule has 0 spiro atoms. The fourth-order valence-electron chi connectivity index (χ4n) is 9.09. The lowest BCUT2D eigenvalue weighted by Gasteiger charge is -2.28. The molecule has 0 aromatic heterocycles. The van der Waals surface area contributed by atoms with Crippen molar-refractivity contribution in [3.63, 3.8) is 0 Å². The summed E-state index contributed by atoms with van der Waals surface area (Å²) in [6.07, 6.45) is 0. The van der Waals surface area contributed by atoms with Crippen LogP contribution < -0.4 is 4.90 Å². The molecule has 11 aromatic carbocycles. The molecule has 0 saturated heterocycles. The predicted molar refractivity (Wildman–Crippen MR) is 261 cm³/mol. The Bertz CT molecular complexity index is 3340. The molecule has 0 heterocycles. The van der Waals surface area contributed by atoms with E-state index in [-0.39, 0.29) is 0 Å². The van der Waals surface area contributed by atoms with Crippen molar-refractivity contribution in [2.45, 2.75) is 0 Å². The van der Waals surface area contributed by atoms with E-state index < -0.39 is 0 Å². The van der Waals surface area contributed by atoms with Crippen LogP contribution >= 0.6 is 0 Å². The highest BCUT2D eigenvalue weighted by atomic mass is 15.1. The highest BCUT2D eigenvalue weighted by Gasteiger charge is 2.20. The van der Waals surface area contributed by atoms with Gasteiger partial charge in [0.2, 0.25) is 0 Å². The summed E-state index contributed by atoms with van der Waals surface area (Å²) in [6.45, 7) is 0. The molecule has 11 aromatic rings. The average molecular weight is 776 g/mol. The van der Waals surface area contributed by atoms with Gasteiger partial charge in [0.05, 0.1) is 0 Å². The first-order chi connectivity index (χ1) is 30.2. The van der Waals surface area contributed by atoms with Crippen molar-refractivity contribution >= 4 is 49.4 Å². The quantitative estimate of drug-likeness (QED) is 0.139. The minimum absolute atomic E-state index is 1.08. The van der Waals surface area contributed by atoms with Crippen LogP contribution in [0.2, 0.25) is 0 Å². The van der Waals surface area contributed by atoms with E-state index in [1.807, 2.05) is 0 Å². The fourth-order valence-corrected chi connectivity index (χ4v) is 9.09. The zero-order chi connectivity index (χ0) is 40.5. The molecule has 61 heavy (non-hydrogen) atoms. The maximum absolute atomic E-state index is 2.41. The molecular weight excluding hydrogens is 735 g/mol. The predicted octanol–water partition coefficient (Wildman–Crippen LogP) is 17.0. The van der Waals surface area contributed by atoms with Crippen molar-refractivity contribution in [3.05, 3.63) is 249 Å². The Kier molecular flexibility index (Phi) is 9.26. The first-order valence-corrected chi connectivity index (χ1v) is 21.0. The van der Waals surface area contributed by atoms with Crippen molar-refractivity contribution in [2.24, 2.45) is 0 Å². The van der Waals surface area contributed by atoms with Crippen LogP contribution in [0.1, 0.15) is 0 Å². The van der Waals surface area contributed by atoms with E-state index in [1.54, 1.807) is 0 Å². The number of rotatable bonds is 8. The highest BCUT2D eigenvalue weighted by molar-refractivity contribution is 6.15. The van der Waals surface area contributed by atoms with Crippen LogP contribution in [-0.2, 0) is 0 Å². The van der Waals surface area contributed by atoms with Crippen molar-refractivity contribution in [3.8, 4) is 55.6 Å². The van der Waals surface area contributed by atoms with E-state index in [0.717, 1.165) is 17.1 Å². The molecule has 0 N–H and O–H groups in total.